The fourth-order valence-electron chi connectivity index (χ4n) is 2.52. The van der Waals surface area contributed by atoms with E-state index < -0.39 is 5.82 Å². The first-order valence-electron chi connectivity index (χ1n) is 7.97. The number of aryl methyl sites for hydroxylation is 2. The Morgan fingerprint density at radius 2 is 1.77 bits per heavy atom. The monoisotopic (exact) mass is 345 g/mol. The minimum atomic E-state index is -0.513. The molecule has 0 aliphatic carbocycles. The molecule has 4 rings (SSSR count). The molecule has 127 valence electrons. The molecule has 4 aromatic rings. The third-order valence-corrected chi connectivity index (χ3v) is 3.95. The SMILES string of the molecule is Cc1nc2ccc(-c3nc(Nc4cc[c]cn4)ncc3F)cc2nc1C. The van der Waals surface area contributed by atoms with Crippen LogP contribution >= 0.6 is 0 Å². The lowest BCUT2D eigenvalue weighted by Crippen LogP contribution is -2.02. The standard InChI is InChI=1S/C19H14FN6/c1-11-12(2)24-16-9-13(6-7-15(16)23-11)18-14(20)10-22-19(26-18)25-17-5-3-4-8-21-17/h3,5-10H,1-2H3,(H,21,22,25,26). The number of fused-ring (bicyclic) bond motifs is 1. The van der Waals surface area contributed by atoms with Gasteiger partial charge in [-0.1, -0.05) is 6.07 Å². The van der Waals surface area contributed by atoms with Gasteiger partial charge in [0, 0.05) is 17.8 Å². The molecule has 0 unspecified atom stereocenters. The summed E-state index contributed by atoms with van der Waals surface area (Å²) in [5, 5.41) is 2.95. The maximum atomic E-state index is 14.3. The van der Waals surface area contributed by atoms with Crippen LogP contribution < -0.4 is 5.32 Å². The summed E-state index contributed by atoms with van der Waals surface area (Å²) in [6.07, 6.45) is 2.66. The van der Waals surface area contributed by atoms with Crippen LogP contribution in [0.2, 0.25) is 0 Å². The van der Waals surface area contributed by atoms with Crippen molar-refractivity contribution in [3.8, 4) is 11.3 Å². The van der Waals surface area contributed by atoms with Crippen LogP contribution in [-0.2, 0) is 0 Å². The van der Waals surface area contributed by atoms with Gasteiger partial charge in [-0.3, -0.25) is 0 Å². The van der Waals surface area contributed by atoms with E-state index in [-0.39, 0.29) is 11.6 Å². The molecule has 0 amide bonds. The van der Waals surface area contributed by atoms with Crippen LogP contribution in [-0.4, -0.2) is 24.9 Å². The van der Waals surface area contributed by atoms with Crippen LogP contribution in [0.1, 0.15) is 11.4 Å². The number of nitrogens with one attached hydrogen (secondary N) is 1. The molecule has 0 saturated carbocycles. The van der Waals surface area contributed by atoms with Crippen molar-refractivity contribution < 1.29 is 4.39 Å². The fourth-order valence-corrected chi connectivity index (χ4v) is 2.52. The summed E-state index contributed by atoms with van der Waals surface area (Å²) in [5.74, 6) is 0.296. The van der Waals surface area contributed by atoms with Crippen molar-refractivity contribution in [2.75, 3.05) is 5.32 Å². The normalized spacial score (nSPS) is 10.9. The van der Waals surface area contributed by atoms with E-state index in [1.807, 2.05) is 19.9 Å². The Morgan fingerprint density at radius 1 is 0.962 bits per heavy atom. The van der Waals surface area contributed by atoms with Gasteiger partial charge in [-0.2, -0.15) is 0 Å². The first-order valence-corrected chi connectivity index (χ1v) is 7.97. The summed E-state index contributed by atoms with van der Waals surface area (Å²) >= 11 is 0. The minimum Gasteiger partial charge on any atom is -0.309 e. The van der Waals surface area contributed by atoms with Crippen molar-refractivity contribution in [3.05, 3.63) is 66.0 Å². The lowest BCUT2D eigenvalue weighted by atomic mass is 10.1. The Balaban J connectivity index is 1.76. The predicted molar refractivity (Wildman–Crippen MR) is 96.4 cm³/mol. The van der Waals surface area contributed by atoms with Crippen LogP contribution in [0.25, 0.3) is 22.3 Å². The molecule has 1 aromatic carbocycles. The van der Waals surface area contributed by atoms with Crippen LogP contribution in [0.5, 0.6) is 0 Å². The number of anilines is 2. The molecule has 0 saturated heterocycles. The third-order valence-electron chi connectivity index (χ3n) is 3.95. The molecule has 26 heavy (non-hydrogen) atoms. The van der Waals surface area contributed by atoms with E-state index in [9.17, 15) is 4.39 Å². The molecular formula is C19H14FN6. The molecule has 6 nitrogen and oxygen atoms in total. The van der Waals surface area contributed by atoms with E-state index in [2.05, 4.69) is 36.3 Å². The van der Waals surface area contributed by atoms with E-state index in [1.165, 1.54) is 6.20 Å². The number of halogens is 1. The van der Waals surface area contributed by atoms with Gasteiger partial charge in [0.2, 0.25) is 5.95 Å². The fraction of sp³-hybridized carbons (Fsp3) is 0.105. The molecule has 1 N–H and O–H groups in total. The maximum absolute atomic E-state index is 14.3. The molecule has 0 spiro atoms. The lowest BCUT2D eigenvalue weighted by Gasteiger charge is -2.08. The number of rotatable bonds is 3. The molecule has 0 atom stereocenters. The van der Waals surface area contributed by atoms with Crippen LogP contribution in [0.3, 0.4) is 0 Å². The lowest BCUT2D eigenvalue weighted by molar-refractivity contribution is 0.619. The third kappa shape index (κ3) is 3.06. The smallest absolute Gasteiger partial charge is 0.229 e. The highest BCUT2D eigenvalue weighted by atomic mass is 19.1. The Bertz CT molecular complexity index is 1100. The van der Waals surface area contributed by atoms with Gasteiger partial charge < -0.3 is 5.32 Å². The van der Waals surface area contributed by atoms with Crippen molar-refractivity contribution in [3.63, 3.8) is 0 Å². The topological polar surface area (TPSA) is 76.5 Å². The number of aromatic nitrogens is 5. The average Bonchev–Trinajstić information content (AvgIpc) is 2.65. The summed E-state index contributed by atoms with van der Waals surface area (Å²) in [6.45, 7) is 3.80. The predicted octanol–water partition coefficient (Wildman–Crippen LogP) is 3.78. The maximum Gasteiger partial charge on any atom is 0.229 e. The summed E-state index contributed by atoms with van der Waals surface area (Å²) in [4.78, 5) is 21.4. The second-order valence-corrected chi connectivity index (χ2v) is 5.76. The molecule has 1 radical (unpaired) electrons. The van der Waals surface area contributed by atoms with Gasteiger partial charge in [-0.15, -0.1) is 0 Å². The summed E-state index contributed by atoms with van der Waals surface area (Å²) < 4.78 is 14.3. The van der Waals surface area contributed by atoms with E-state index in [0.29, 0.717) is 16.9 Å². The largest absolute Gasteiger partial charge is 0.309 e. The second kappa shape index (κ2) is 6.44. The quantitative estimate of drug-likeness (QED) is 0.609. The van der Waals surface area contributed by atoms with Crippen molar-refractivity contribution in [2.45, 2.75) is 13.8 Å². The first-order chi connectivity index (χ1) is 12.6. The van der Waals surface area contributed by atoms with Crippen LogP contribution in [0.15, 0.2) is 42.7 Å². The van der Waals surface area contributed by atoms with Crippen molar-refractivity contribution >= 4 is 22.8 Å². The Labute approximate surface area is 149 Å². The van der Waals surface area contributed by atoms with Gasteiger partial charge in [0.25, 0.3) is 0 Å². The molecule has 3 heterocycles. The van der Waals surface area contributed by atoms with Crippen LogP contribution in [0, 0.1) is 25.7 Å². The van der Waals surface area contributed by atoms with Gasteiger partial charge in [-0.05, 0) is 38.1 Å². The highest BCUT2D eigenvalue weighted by molar-refractivity contribution is 5.81. The van der Waals surface area contributed by atoms with E-state index >= 15 is 0 Å². The van der Waals surface area contributed by atoms with E-state index in [4.69, 9.17) is 0 Å². The zero-order valence-electron chi connectivity index (χ0n) is 14.2. The number of hydrogen-bond donors (Lipinski definition) is 1. The molecule has 0 bridgehead atoms. The number of pyridine rings is 1. The Morgan fingerprint density at radius 3 is 2.54 bits per heavy atom. The first kappa shape index (κ1) is 16.0. The van der Waals surface area contributed by atoms with Crippen molar-refractivity contribution in [1.82, 2.24) is 24.9 Å². The van der Waals surface area contributed by atoms with Gasteiger partial charge in [0.1, 0.15) is 11.5 Å². The van der Waals surface area contributed by atoms with Gasteiger partial charge in [0.05, 0.1) is 28.6 Å². The average molecular weight is 345 g/mol. The van der Waals surface area contributed by atoms with Gasteiger partial charge in [-0.25, -0.2) is 29.3 Å². The van der Waals surface area contributed by atoms with Crippen molar-refractivity contribution in [1.29, 1.82) is 0 Å². The number of hydrogen-bond acceptors (Lipinski definition) is 6. The zero-order valence-corrected chi connectivity index (χ0v) is 14.2. The summed E-state index contributed by atoms with van der Waals surface area (Å²) in [7, 11) is 0. The summed E-state index contributed by atoms with van der Waals surface area (Å²) in [6, 6.07) is 11.6. The van der Waals surface area contributed by atoms with Gasteiger partial charge >= 0.3 is 0 Å². The number of benzene rings is 1. The Hall–Kier alpha value is -3.48. The highest BCUT2D eigenvalue weighted by Crippen LogP contribution is 2.25. The van der Waals surface area contributed by atoms with Gasteiger partial charge in [0.15, 0.2) is 5.82 Å². The highest BCUT2D eigenvalue weighted by Gasteiger charge is 2.12. The zero-order chi connectivity index (χ0) is 18.1. The number of nitrogens with zero attached hydrogens (tertiary/aromatic N) is 5. The minimum absolute atomic E-state index is 0.187. The molecule has 7 heteroatoms. The molecule has 0 aliphatic heterocycles. The van der Waals surface area contributed by atoms with Crippen LogP contribution in [0.4, 0.5) is 16.2 Å². The van der Waals surface area contributed by atoms with Crippen molar-refractivity contribution in [2.24, 2.45) is 0 Å². The molecule has 0 fully saturated rings. The molecule has 0 aliphatic rings. The van der Waals surface area contributed by atoms with E-state index in [0.717, 1.165) is 23.1 Å². The second-order valence-electron chi connectivity index (χ2n) is 5.76. The molecular weight excluding hydrogens is 331 g/mol. The Kier molecular flexibility index (Phi) is 3.96. The molecule has 3 aromatic heterocycles. The van der Waals surface area contributed by atoms with E-state index in [1.54, 1.807) is 24.3 Å². The summed E-state index contributed by atoms with van der Waals surface area (Å²) in [5.41, 5.74) is 3.96.